The molecular weight excluding hydrogens is 366 g/mol. The Bertz CT molecular complexity index is 1010. The van der Waals surface area contributed by atoms with E-state index in [2.05, 4.69) is 17.2 Å². The standard InChI is InChI=1S/C20H22ClN3OS/c1-11-6-7-15-16(8-11)26-20-17(15)19(25)23-18(24-20)12(2)22-10-13-4-3-5-14(21)9-13/h3-5,9,11-12,22H,6-8,10H2,1-2H3,(H,23,24,25)/t11-,12+/m0/s1. The van der Waals surface area contributed by atoms with Gasteiger partial charge in [-0.3, -0.25) is 4.79 Å². The molecule has 2 N–H and O–H groups in total. The molecule has 2 atom stereocenters. The Morgan fingerprint density at radius 2 is 2.31 bits per heavy atom. The highest BCUT2D eigenvalue weighted by Crippen LogP contribution is 2.35. The first-order chi connectivity index (χ1) is 12.5. The van der Waals surface area contributed by atoms with E-state index >= 15 is 0 Å². The molecule has 4 rings (SSSR count). The third kappa shape index (κ3) is 3.43. The van der Waals surface area contributed by atoms with Crippen LogP contribution in [0.1, 0.15) is 48.1 Å². The lowest BCUT2D eigenvalue weighted by atomic mass is 9.89. The van der Waals surface area contributed by atoms with Crippen molar-refractivity contribution in [1.29, 1.82) is 0 Å². The molecule has 136 valence electrons. The largest absolute Gasteiger partial charge is 0.309 e. The molecule has 3 aromatic rings. The van der Waals surface area contributed by atoms with Gasteiger partial charge in [-0.2, -0.15) is 0 Å². The number of nitrogens with one attached hydrogen (secondary N) is 2. The molecule has 0 fully saturated rings. The molecule has 0 spiro atoms. The Balaban J connectivity index is 1.59. The molecule has 26 heavy (non-hydrogen) atoms. The molecule has 0 bridgehead atoms. The van der Waals surface area contributed by atoms with Crippen LogP contribution in [-0.2, 0) is 19.4 Å². The van der Waals surface area contributed by atoms with Gasteiger partial charge in [-0.05, 0) is 55.4 Å². The number of halogens is 1. The summed E-state index contributed by atoms with van der Waals surface area (Å²) >= 11 is 7.73. The Morgan fingerprint density at radius 1 is 1.46 bits per heavy atom. The van der Waals surface area contributed by atoms with Crippen LogP contribution >= 0.6 is 22.9 Å². The van der Waals surface area contributed by atoms with Crippen molar-refractivity contribution in [1.82, 2.24) is 15.3 Å². The highest BCUT2D eigenvalue weighted by atomic mass is 35.5. The van der Waals surface area contributed by atoms with Crippen molar-refractivity contribution < 1.29 is 0 Å². The fraction of sp³-hybridized carbons (Fsp3) is 0.400. The zero-order valence-electron chi connectivity index (χ0n) is 14.9. The van der Waals surface area contributed by atoms with Crippen molar-refractivity contribution in [3.8, 4) is 0 Å². The average molecular weight is 388 g/mol. The average Bonchev–Trinajstić information content (AvgIpc) is 2.97. The van der Waals surface area contributed by atoms with Gasteiger partial charge in [0.05, 0.1) is 11.4 Å². The van der Waals surface area contributed by atoms with Crippen LogP contribution in [0.15, 0.2) is 29.1 Å². The fourth-order valence-corrected chi connectivity index (χ4v) is 5.19. The van der Waals surface area contributed by atoms with E-state index < -0.39 is 0 Å². The number of aromatic nitrogens is 2. The number of aromatic amines is 1. The molecule has 6 heteroatoms. The van der Waals surface area contributed by atoms with Crippen LogP contribution in [0.4, 0.5) is 0 Å². The molecule has 4 nitrogen and oxygen atoms in total. The minimum absolute atomic E-state index is 0.00606. The Morgan fingerprint density at radius 3 is 3.12 bits per heavy atom. The summed E-state index contributed by atoms with van der Waals surface area (Å²) < 4.78 is 0. The van der Waals surface area contributed by atoms with Gasteiger partial charge in [0.25, 0.3) is 5.56 Å². The molecule has 0 amide bonds. The van der Waals surface area contributed by atoms with Gasteiger partial charge >= 0.3 is 0 Å². The van der Waals surface area contributed by atoms with Crippen LogP contribution in [0.25, 0.3) is 10.2 Å². The number of nitrogens with zero attached hydrogens (tertiary/aromatic N) is 1. The number of H-pyrrole nitrogens is 1. The zero-order chi connectivity index (χ0) is 18.3. The van der Waals surface area contributed by atoms with E-state index in [-0.39, 0.29) is 11.6 Å². The van der Waals surface area contributed by atoms with Gasteiger partial charge in [0.1, 0.15) is 10.7 Å². The summed E-state index contributed by atoms with van der Waals surface area (Å²) in [5, 5.41) is 4.95. The smallest absolute Gasteiger partial charge is 0.259 e. The number of benzene rings is 1. The maximum Gasteiger partial charge on any atom is 0.259 e. The molecular formula is C20H22ClN3OS. The Hall–Kier alpha value is -1.69. The third-order valence-electron chi connectivity index (χ3n) is 5.10. The molecule has 1 aromatic carbocycles. The Labute approximate surface area is 161 Å². The quantitative estimate of drug-likeness (QED) is 0.687. The van der Waals surface area contributed by atoms with E-state index in [1.807, 2.05) is 31.2 Å². The summed E-state index contributed by atoms with van der Waals surface area (Å²) in [6, 6.07) is 7.71. The molecule has 1 aliphatic carbocycles. The van der Waals surface area contributed by atoms with Gasteiger partial charge in [-0.25, -0.2) is 4.98 Å². The third-order valence-corrected chi connectivity index (χ3v) is 6.48. The van der Waals surface area contributed by atoms with Gasteiger partial charge in [-0.1, -0.05) is 30.7 Å². The number of rotatable bonds is 4. The topological polar surface area (TPSA) is 57.8 Å². The molecule has 2 heterocycles. The first-order valence-corrected chi connectivity index (χ1v) is 10.2. The van der Waals surface area contributed by atoms with Crippen LogP contribution in [-0.4, -0.2) is 9.97 Å². The van der Waals surface area contributed by atoms with E-state index in [1.54, 1.807) is 11.3 Å². The van der Waals surface area contributed by atoms with E-state index in [1.165, 1.54) is 10.4 Å². The predicted octanol–water partition coefficient (Wildman–Crippen LogP) is 4.61. The summed E-state index contributed by atoms with van der Waals surface area (Å²) in [7, 11) is 0. The van der Waals surface area contributed by atoms with Crippen molar-refractivity contribution in [2.45, 2.75) is 45.7 Å². The van der Waals surface area contributed by atoms with Gasteiger partial charge in [-0.15, -0.1) is 11.3 Å². The molecule has 0 unspecified atom stereocenters. The lowest BCUT2D eigenvalue weighted by Crippen LogP contribution is -2.23. The lowest BCUT2D eigenvalue weighted by molar-refractivity contribution is 0.509. The van der Waals surface area contributed by atoms with Crippen LogP contribution in [0.2, 0.25) is 5.02 Å². The van der Waals surface area contributed by atoms with Crippen molar-refractivity contribution in [2.24, 2.45) is 5.92 Å². The molecule has 0 saturated carbocycles. The number of hydrogen-bond donors (Lipinski definition) is 2. The van der Waals surface area contributed by atoms with Crippen molar-refractivity contribution in [3.05, 3.63) is 61.5 Å². The van der Waals surface area contributed by atoms with Gasteiger partial charge in [0.15, 0.2) is 0 Å². The van der Waals surface area contributed by atoms with Gasteiger partial charge < -0.3 is 10.3 Å². The van der Waals surface area contributed by atoms with Crippen molar-refractivity contribution in [3.63, 3.8) is 0 Å². The van der Waals surface area contributed by atoms with Crippen LogP contribution in [0, 0.1) is 5.92 Å². The zero-order valence-corrected chi connectivity index (χ0v) is 16.5. The minimum atomic E-state index is -0.0517. The number of hydrogen-bond acceptors (Lipinski definition) is 4. The molecule has 0 radical (unpaired) electrons. The van der Waals surface area contributed by atoms with Crippen LogP contribution < -0.4 is 10.9 Å². The minimum Gasteiger partial charge on any atom is -0.309 e. The number of aryl methyl sites for hydroxylation is 1. The second kappa shape index (κ2) is 7.14. The first kappa shape index (κ1) is 17.7. The van der Waals surface area contributed by atoms with E-state index in [0.29, 0.717) is 18.3 Å². The Kier molecular flexibility index (Phi) is 4.86. The molecule has 1 aliphatic rings. The highest BCUT2D eigenvalue weighted by Gasteiger charge is 2.23. The molecule has 0 aliphatic heterocycles. The van der Waals surface area contributed by atoms with Crippen LogP contribution in [0.5, 0.6) is 0 Å². The fourth-order valence-electron chi connectivity index (χ4n) is 3.59. The second-order valence-electron chi connectivity index (χ2n) is 7.22. The summed E-state index contributed by atoms with van der Waals surface area (Å²) in [6.45, 7) is 4.96. The SMILES string of the molecule is C[C@H]1CCc2c(sc3nc([C@@H](C)NCc4cccc(Cl)c4)[nH]c(=O)c23)C1. The van der Waals surface area contributed by atoms with E-state index in [9.17, 15) is 4.79 Å². The molecule has 0 saturated heterocycles. The van der Waals surface area contributed by atoms with Crippen molar-refractivity contribution >= 4 is 33.2 Å². The van der Waals surface area contributed by atoms with Gasteiger partial charge in [0, 0.05) is 16.4 Å². The first-order valence-electron chi connectivity index (χ1n) is 9.03. The maximum absolute atomic E-state index is 12.7. The lowest BCUT2D eigenvalue weighted by Gasteiger charge is -2.17. The summed E-state index contributed by atoms with van der Waals surface area (Å²) in [5.41, 5.74) is 2.32. The normalized spacial score (nSPS) is 18.0. The van der Waals surface area contributed by atoms with Crippen LogP contribution in [0.3, 0.4) is 0 Å². The summed E-state index contributed by atoms with van der Waals surface area (Å²) in [5.74, 6) is 1.38. The monoisotopic (exact) mass is 387 g/mol. The van der Waals surface area contributed by atoms with E-state index in [0.717, 1.165) is 40.1 Å². The number of fused-ring (bicyclic) bond motifs is 3. The van der Waals surface area contributed by atoms with E-state index in [4.69, 9.17) is 16.6 Å². The highest BCUT2D eigenvalue weighted by molar-refractivity contribution is 7.18. The second-order valence-corrected chi connectivity index (χ2v) is 8.74. The van der Waals surface area contributed by atoms with Crippen molar-refractivity contribution in [2.75, 3.05) is 0 Å². The number of thiophene rings is 1. The van der Waals surface area contributed by atoms with Gasteiger partial charge in [0.2, 0.25) is 0 Å². The summed E-state index contributed by atoms with van der Waals surface area (Å²) in [6.07, 6.45) is 3.20. The molecule has 2 aromatic heterocycles. The summed E-state index contributed by atoms with van der Waals surface area (Å²) in [4.78, 5) is 22.7. The maximum atomic E-state index is 12.7. The predicted molar refractivity (Wildman–Crippen MR) is 108 cm³/mol.